The molecular weight excluding hydrogens is 266 g/mol. The second kappa shape index (κ2) is 5.68. The van der Waals surface area contributed by atoms with E-state index >= 15 is 0 Å². The standard InChI is InChI=1S/C16H19N3O2/c1-2-14(20)13-8-3-4-9-19(13)16(21)11-6-5-7-12-15(11)18-10-17-12/h5-7,10,13H,2-4,8-9H2,1H3,(H,17,18)/t13-/m1/s1. The second-order valence-corrected chi connectivity index (χ2v) is 5.43. The number of nitrogens with one attached hydrogen (secondary N) is 1. The number of carbonyl (C=O) groups is 2. The van der Waals surface area contributed by atoms with Gasteiger partial charge in [0.25, 0.3) is 5.91 Å². The Hall–Kier alpha value is -2.17. The molecule has 110 valence electrons. The highest BCUT2D eigenvalue weighted by molar-refractivity contribution is 6.06. The van der Waals surface area contributed by atoms with Crippen LogP contribution in [0.5, 0.6) is 0 Å². The van der Waals surface area contributed by atoms with Crippen LogP contribution in [-0.2, 0) is 4.79 Å². The van der Waals surface area contributed by atoms with Crippen LogP contribution in [-0.4, -0.2) is 39.1 Å². The third-order valence-corrected chi connectivity index (χ3v) is 4.16. The number of ketones is 1. The average Bonchev–Trinajstić information content (AvgIpc) is 3.02. The van der Waals surface area contributed by atoms with E-state index in [2.05, 4.69) is 9.97 Å². The lowest BCUT2D eigenvalue weighted by Gasteiger charge is -2.34. The van der Waals surface area contributed by atoms with Crippen molar-refractivity contribution in [3.63, 3.8) is 0 Å². The molecule has 1 fully saturated rings. The number of benzene rings is 1. The van der Waals surface area contributed by atoms with Crippen LogP contribution in [0.2, 0.25) is 0 Å². The fraction of sp³-hybridized carbons (Fsp3) is 0.438. The number of amides is 1. The van der Waals surface area contributed by atoms with Gasteiger partial charge < -0.3 is 9.88 Å². The number of imidazole rings is 1. The van der Waals surface area contributed by atoms with Gasteiger partial charge in [-0.2, -0.15) is 0 Å². The number of piperidine rings is 1. The summed E-state index contributed by atoms with van der Waals surface area (Å²) < 4.78 is 0. The van der Waals surface area contributed by atoms with Crippen LogP contribution in [0.25, 0.3) is 11.0 Å². The average molecular weight is 285 g/mol. The van der Waals surface area contributed by atoms with Crippen LogP contribution < -0.4 is 0 Å². The Morgan fingerprint density at radius 2 is 2.24 bits per heavy atom. The molecule has 2 heterocycles. The van der Waals surface area contributed by atoms with Crippen molar-refractivity contribution < 1.29 is 9.59 Å². The second-order valence-electron chi connectivity index (χ2n) is 5.43. The lowest BCUT2D eigenvalue weighted by atomic mass is 9.96. The van der Waals surface area contributed by atoms with Crippen LogP contribution in [0.15, 0.2) is 24.5 Å². The van der Waals surface area contributed by atoms with Crippen LogP contribution in [0.4, 0.5) is 0 Å². The molecule has 21 heavy (non-hydrogen) atoms. The maximum atomic E-state index is 12.9. The molecule has 0 saturated carbocycles. The maximum Gasteiger partial charge on any atom is 0.256 e. The SMILES string of the molecule is CCC(=O)[C@H]1CCCCN1C(=O)c1cccc2[nH]cnc12. The normalized spacial score (nSPS) is 18.9. The summed E-state index contributed by atoms with van der Waals surface area (Å²) in [5.74, 6) is 0.0662. The molecule has 2 aromatic rings. The van der Waals surface area contributed by atoms with Gasteiger partial charge in [0.2, 0.25) is 0 Å². The van der Waals surface area contributed by atoms with Crippen molar-refractivity contribution in [2.24, 2.45) is 0 Å². The van der Waals surface area contributed by atoms with Gasteiger partial charge in [-0.3, -0.25) is 9.59 Å². The van der Waals surface area contributed by atoms with E-state index in [1.165, 1.54) is 0 Å². The van der Waals surface area contributed by atoms with Crippen molar-refractivity contribution in [1.29, 1.82) is 0 Å². The molecule has 0 radical (unpaired) electrons. The summed E-state index contributed by atoms with van der Waals surface area (Å²) in [6.45, 7) is 2.50. The molecule has 1 atom stereocenters. The van der Waals surface area contributed by atoms with Gasteiger partial charge in [-0.15, -0.1) is 0 Å². The van der Waals surface area contributed by atoms with Crippen molar-refractivity contribution in [1.82, 2.24) is 14.9 Å². The molecule has 0 aliphatic carbocycles. The van der Waals surface area contributed by atoms with Crippen molar-refractivity contribution in [2.75, 3.05) is 6.54 Å². The summed E-state index contributed by atoms with van der Waals surface area (Å²) in [4.78, 5) is 34.0. The first-order valence-corrected chi connectivity index (χ1v) is 7.48. The topological polar surface area (TPSA) is 66.1 Å². The molecule has 3 rings (SSSR count). The number of fused-ring (bicyclic) bond motifs is 1. The van der Waals surface area contributed by atoms with Gasteiger partial charge in [-0.1, -0.05) is 13.0 Å². The monoisotopic (exact) mass is 285 g/mol. The number of likely N-dealkylation sites (tertiary alicyclic amines) is 1. The van der Waals surface area contributed by atoms with E-state index < -0.39 is 0 Å². The maximum absolute atomic E-state index is 12.9. The van der Waals surface area contributed by atoms with E-state index in [0.29, 0.717) is 24.0 Å². The molecule has 1 aliphatic rings. The van der Waals surface area contributed by atoms with Crippen molar-refractivity contribution in [3.05, 3.63) is 30.1 Å². The molecule has 1 aromatic heterocycles. The fourth-order valence-electron chi connectivity index (χ4n) is 3.04. The Morgan fingerprint density at radius 3 is 3.05 bits per heavy atom. The minimum Gasteiger partial charge on any atom is -0.345 e. The van der Waals surface area contributed by atoms with Gasteiger partial charge in [0.15, 0.2) is 5.78 Å². The lowest BCUT2D eigenvalue weighted by Crippen LogP contribution is -2.47. The molecule has 1 aromatic carbocycles. The van der Waals surface area contributed by atoms with E-state index in [-0.39, 0.29) is 17.7 Å². The first-order chi connectivity index (χ1) is 10.2. The number of hydrogen-bond acceptors (Lipinski definition) is 3. The van der Waals surface area contributed by atoms with Crippen molar-refractivity contribution in [3.8, 4) is 0 Å². The van der Waals surface area contributed by atoms with Gasteiger partial charge >= 0.3 is 0 Å². The smallest absolute Gasteiger partial charge is 0.256 e. The quantitative estimate of drug-likeness (QED) is 0.942. The van der Waals surface area contributed by atoms with Crippen molar-refractivity contribution in [2.45, 2.75) is 38.6 Å². The third kappa shape index (κ3) is 2.44. The zero-order chi connectivity index (χ0) is 14.8. The Morgan fingerprint density at radius 1 is 1.38 bits per heavy atom. The molecule has 0 unspecified atom stereocenters. The summed E-state index contributed by atoms with van der Waals surface area (Å²) in [5, 5.41) is 0. The Bertz CT molecular complexity index is 677. The van der Waals surface area contributed by atoms with Crippen LogP contribution in [0.1, 0.15) is 43.0 Å². The summed E-state index contributed by atoms with van der Waals surface area (Å²) in [6, 6.07) is 5.25. The first-order valence-electron chi connectivity index (χ1n) is 7.48. The van der Waals surface area contributed by atoms with Gasteiger partial charge in [-0.05, 0) is 31.4 Å². The molecule has 5 heteroatoms. The summed E-state index contributed by atoms with van der Waals surface area (Å²) >= 11 is 0. The highest BCUT2D eigenvalue weighted by Gasteiger charge is 2.32. The van der Waals surface area contributed by atoms with E-state index in [0.717, 1.165) is 24.8 Å². The zero-order valence-electron chi connectivity index (χ0n) is 12.1. The molecular formula is C16H19N3O2. The van der Waals surface area contributed by atoms with Crippen LogP contribution >= 0.6 is 0 Å². The molecule has 5 nitrogen and oxygen atoms in total. The molecule has 0 spiro atoms. The summed E-state index contributed by atoms with van der Waals surface area (Å²) in [6.07, 6.45) is 4.80. The van der Waals surface area contributed by atoms with E-state index in [1.54, 1.807) is 17.3 Å². The lowest BCUT2D eigenvalue weighted by molar-refractivity contribution is -0.124. The van der Waals surface area contributed by atoms with Crippen molar-refractivity contribution >= 4 is 22.7 Å². The number of hydrogen-bond donors (Lipinski definition) is 1. The number of nitrogens with zero attached hydrogens (tertiary/aromatic N) is 2. The Balaban J connectivity index is 1.96. The van der Waals surface area contributed by atoms with Gasteiger partial charge in [0.1, 0.15) is 5.52 Å². The molecule has 1 amide bonds. The van der Waals surface area contributed by atoms with E-state index in [1.807, 2.05) is 19.1 Å². The Kier molecular flexibility index (Phi) is 3.73. The van der Waals surface area contributed by atoms with Crippen LogP contribution in [0, 0.1) is 0 Å². The highest BCUT2D eigenvalue weighted by atomic mass is 16.2. The van der Waals surface area contributed by atoms with E-state index in [9.17, 15) is 9.59 Å². The highest BCUT2D eigenvalue weighted by Crippen LogP contribution is 2.24. The molecule has 1 saturated heterocycles. The Labute approximate surface area is 123 Å². The van der Waals surface area contributed by atoms with Gasteiger partial charge in [0, 0.05) is 13.0 Å². The number of aromatic nitrogens is 2. The van der Waals surface area contributed by atoms with Gasteiger partial charge in [0.05, 0.1) is 23.4 Å². The van der Waals surface area contributed by atoms with Crippen LogP contribution in [0.3, 0.4) is 0 Å². The summed E-state index contributed by atoms with van der Waals surface area (Å²) in [5.41, 5.74) is 2.09. The predicted molar refractivity (Wildman–Crippen MR) is 80.1 cm³/mol. The predicted octanol–water partition coefficient (Wildman–Crippen LogP) is 2.54. The summed E-state index contributed by atoms with van der Waals surface area (Å²) in [7, 11) is 0. The third-order valence-electron chi connectivity index (χ3n) is 4.16. The minimum atomic E-state index is -0.273. The number of rotatable bonds is 3. The number of H-pyrrole nitrogens is 1. The van der Waals surface area contributed by atoms with Gasteiger partial charge in [-0.25, -0.2) is 4.98 Å². The number of carbonyl (C=O) groups excluding carboxylic acids is 2. The zero-order valence-corrected chi connectivity index (χ0v) is 12.1. The molecule has 1 aliphatic heterocycles. The molecule has 1 N–H and O–H groups in total. The largest absolute Gasteiger partial charge is 0.345 e. The number of aromatic amines is 1. The minimum absolute atomic E-state index is 0.0841. The number of para-hydroxylation sites is 1. The number of Topliss-reactive ketones (excluding diaryl/α,β-unsaturated/α-hetero) is 1. The first kappa shape index (κ1) is 13.8. The molecule has 0 bridgehead atoms. The fourth-order valence-corrected chi connectivity index (χ4v) is 3.04. The van der Waals surface area contributed by atoms with E-state index in [4.69, 9.17) is 0 Å².